The number of anilines is 2. The zero-order valence-corrected chi connectivity index (χ0v) is 16.6. The average Bonchev–Trinajstić information content (AvgIpc) is 2.53. The number of carbonyl (C=O) groups is 1. The maximum Gasteiger partial charge on any atom is 0.240 e. The molecule has 0 atom stereocenters. The fourth-order valence-electron chi connectivity index (χ4n) is 2.42. The predicted molar refractivity (Wildman–Crippen MR) is 104 cm³/mol. The van der Waals surface area contributed by atoms with Crippen LogP contribution in [0, 0.1) is 0 Å². The third-order valence-electron chi connectivity index (χ3n) is 3.84. The topological polar surface area (TPSA) is 73.0 Å². The lowest BCUT2D eigenvalue weighted by Gasteiger charge is -2.24. The molecule has 0 unspecified atom stereocenters. The van der Waals surface area contributed by atoms with Crippen LogP contribution in [-0.4, -0.2) is 72.3 Å². The van der Waals surface area contributed by atoms with E-state index in [0.717, 1.165) is 29.3 Å². The summed E-state index contributed by atoms with van der Waals surface area (Å²) in [5, 5.41) is 2.74. The standard InChI is InChI=1S/C17H30N4O3S/c1-6-20(7-2)15-8-10-16(11-9-15)21(25(5,23)24)14-17(22)18-12-13-19(3)4/h8-11H,6-7,12-14H2,1-5H3,(H,18,22). The zero-order chi connectivity index (χ0) is 19.0. The maximum absolute atomic E-state index is 12.1. The molecule has 0 saturated carbocycles. The van der Waals surface area contributed by atoms with Crippen LogP contribution in [0.2, 0.25) is 0 Å². The molecule has 7 nitrogen and oxygen atoms in total. The molecule has 0 aromatic heterocycles. The van der Waals surface area contributed by atoms with Crippen molar-refractivity contribution in [2.24, 2.45) is 0 Å². The van der Waals surface area contributed by atoms with Crippen molar-refractivity contribution in [3.8, 4) is 0 Å². The first-order valence-corrected chi connectivity index (χ1v) is 10.3. The fourth-order valence-corrected chi connectivity index (χ4v) is 3.28. The molecule has 1 rings (SSSR count). The summed E-state index contributed by atoms with van der Waals surface area (Å²) in [7, 11) is 0.268. The second kappa shape index (κ2) is 9.62. The van der Waals surface area contributed by atoms with Crippen molar-refractivity contribution in [1.29, 1.82) is 0 Å². The number of amides is 1. The Bertz CT molecular complexity index is 640. The average molecular weight is 371 g/mol. The number of sulfonamides is 1. The van der Waals surface area contributed by atoms with Crippen molar-refractivity contribution in [3.05, 3.63) is 24.3 Å². The first-order valence-electron chi connectivity index (χ1n) is 8.43. The van der Waals surface area contributed by atoms with Gasteiger partial charge in [0, 0.05) is 31.9 Å². The van der Waals surface area contributed by atoms with Gasteiger partial charge in [0.05, 0.1) is 11.9 Å². The lowest BCUT2D eigenvalue weighted by Crippen LogP contribution is -2.42. The van der Waals surface area contributed by atoms with Gasteiger partial charge in [-0.15, -0.1) is 0 Å². The largest absolute Gasteiger partial charge is 0.372 e. The van der Waals surface area contributed by atoms with E-state index in [9.17, 15) is 13.2 Å². The van der Waals surface area contributed by atoms with Gasteiger partial charge in [-0.25, -0.2) is 8.42 Å². The van der Waals surface area contributed by atoms with Crippen molar-refractivity contribution in [1.82, 2.24) is 10.2 Å². The molecule has 0 aliphatic carbocycles. The van der Waals surface area contributed by atoms with Crippen LogP contribution in [0.1, 0.15) is 13.8 Å². The maximum atomic E-state index is 12.1. The number of nitrogens with one attached hydrogen (secondary N) is 1. The molecular formula is C17H30N4O3S. The van der Waals surface area contributed by atoms with Crippen LogP contribution in [0.3, 0.4) is 0 Å². The molecule has 0 aliphatic heterocycles. The van der Waals surface area contributed by atoms with Crippen LogP contribution in [0.25, 0.3) is 0 Å². The minimum atomic E-state index is -3.55. The summed E-state index contributed by atoms with van der Waals surface area (Å²) in [5.41, 5.74) is 1.51. The highest BCUT2D eigenvalue weighted by Crippen LogP contribution is 2.22. The minimum Gasteiger partial charge on any atom is -0.372 e. The molecule has 0 spiro atoms. The molecule has 1 N–H and O–H groups in total. The van der Waals surface area contributed by atoms with Gasteiger partial charge in [0.15, 0.2) is 0 Å². The Labute approximate surface area is 151 Å². The summed E-state index contributed by atoms with van der Waals surface area (Å²) in [4.78, 5) is 16.2. The number of likely N-dealkylation sites (N-methyl/N-ethyl adjacent to an activating group) is 1. The minimum absolute atomic E-state index is 0.225. The van der Waals surface area contributed by atoms with E-state index in [1.54, 1.807) is 12.1 Å². The molecule has 0 radical (unpaired) electrons. The number of carbonyl (C=O) groups excluding carboxylic acids is 1. The molecular weight excluding hydrogens is 340 g/mol. The Hall–Kier alpha value is -1.80. The summed E-state index contributed by atoms with van der Waals surface area (Å²) in [6.07, 6.45) is 1.11. The highest BCUT2D eigenvalue weighted by molar-refractivity contribution is 7.92. The van der Waals surface area contributed by atoms with Crippen molar-refractivity contribution in [2.45, 2.75) is 13.8 Å². The molecule has 0 bridgehead atoms. The Morgan fingerprint density at radius 3 is 2.00 bits per heavy atom. The van der Waals surface area contributed by atoms with Crippen molar-refractivity contribution >= 4 is 27.3 Å². The normalized spacial score (nSPS) is 11.4. The Morgan fingerprint density at radius 2 is 1.56 bits per heavy atom. The van der Waals surface area contributed by atoms with Crippen molar-refractivity contribution in [2.75, 3.05) is 62.3 Å². The second-order valence-electron chi connectivity index (χ2n) is 6.11. The highest BCUT2D eigenvalue weighted by atomic mass is 32.2. The van der Waals surface area contributed by atoms with E-state index < -0.39 is 10.0 Å². The van der Waals surface area contributed by atoms with Gasteiger partial charge in [-0.3, -0.25) is 9.10 Å². The molecule has 25 heavy (non-hydrogen) atoms. The number of nitrogens with zero attached hydrogens (tertiary/aromatic N) is 3. The van der Waals surface area contributed by atoms with E-state index in [0.29, 0.717) is 18.8 Å². The van der Waals surface area contributed by atoms with Crippen LogP contribution in [0.15, 0.2) is 24.3 Å². The number of hydrogen-bond donors (Lipinski definition) is 1. The van der Waals surface area contributed by atoms with Gasteiger partial charge in [0.2, 0.25) is 15.9 Å². The Balaban J connectivity index is 2.88. The summed E-state index contributed by atoms with van der Waals surface area (Å²) >= 11 is 0. The van der Waals surface area contributed by atoms with Gasteiger partial charge < -0.3 is 15.1 Å². The molecule has 0 aliphatic rings. The quantitative estimate of drug-likeness (QED) is 0.665. The smallest absolute Gasteiger partial charge is 0.240 e. The summed E-state index contributed by atoms with van der Waals surface area (Å²) < 4.78 is 25.3. The van der Waals surface area contributed by atoms with Crippen LogP contribution in [0.5, 0.6) is 0 Å². The van der Waals surface area contributed by atoms with E-state index in [1.807, 2.05) is 31.1 Å². The zero-order valence-electron chi connectivity index (χ0n) is 15.8. The van der Waals surface area contributed by atoms with E-state index >= 15 is 0 Å². The molecule has 1 amide bonds. The van der Waals surface area contributed by atoms with Crippen molar-refractivity contribution < 1.29 is 13.2 Å². The number of rotatable bonds is 10. The lowest BCUT2D eigenvalue weighted by molar-refractivity contribution is -0.119. The Morgan fingerprint density at radius 1 is 1.04 bits per heavy atom. The van der Waals surface area contributed by atoms with E-state index in [1.165, 1.54) is 0 Å². The summed E-state index contributed by atoms with van der Waals surface area (Å²) in [6.45, 7) is 6.83. The Kier molecular flexibility index (Phi) is 8.18. The SMILES string of the molecule is CCN(CC)c1ccc(N(CC(=O)NCCN(C)C)S(C)(=O)=O)cc1. The van der Waals surface area contributed by atoms with E-state index in [2.05, 4.69) is 24.1 Å². The van der Waals surface area contributed by atoms with Gasteiger partial charge in [-0.05, 0) is 52.2 Å². The number of hydrogen-bond acceptors (Lipinski definition) is 5. The van der Waals surface area contributed by atoms with Crippen LogP contribution in [-0.2, 0) is 14.8 Å². The van der Waals surface area contributed by atoms with Gasteiger partial charge >= 0.3 is 0 Å². The van der Waals surface area contributed by atoms with Gasteiger partial charge in [0.1, 0.15) is 6.54 Å². The fraction of sp³-hybridized carbons (Fsp3) is 0.588. The van der Waals surface area contributed by atoms with E-state index in [4.69, 9.17) is 0 Å². The van der Waals surface area contributed by atoms with Gasteiger partial charge in [-0.1, -0.05) is 0 Å². The molecule has 0 fully saturated rings. The second-order valence-corrected chi connectivity index (χ2v) is 8.02. The van der Waals surface area contributed by atoms with Gasteiger partial charge in [0.25, 0.3) is 0 Å². The molecule has 142 valence electrons. The van der Waals surface area contributed by atoms with Gasteiger partial charge in [-0.2, -0.15) is 0 Å². The summed E-state index contributed by atoms with van der Waals surface area (Å²) in [6, 6.07) is 7.23. The monoisotopic (exact) mass is 370 g/mol. The molecule has 1 aromatic carbocycles. The highest BCUT2D eigenvalue weighted by Gasteiger charge is 2.20. The molecule has 0 saturated heterocycles. The molecule has 8 heteroatoms. The molecule has 0 heterocycles. The van der Waals surface area contributed by atoms with Crippen molar-refractivity contribution in [3.63, 3.8) is 0 Å². The third-order valence-corrected chi connectivity index (χ3v) is 4.98. The molecule has 1 aromatic rings. The van der Waals surface area contributed by atoms with Crippen LogP contribution < -0.4 is 14.5 Å². The lowest BCUT2D eigenvalue weighted by atomic mass is 10.2. The first-order chi connectivity index (χ1) is 11.7. The van der Waals surface area contributed by atoms with Crippen LogP contribution >= 0.6 is 0 Å². The first kappa shape index (κ1) is 21.2. The summed E-state index contributed by atoms with van der Waals surface area (Å²) in [5.74, 6) is -0.319. The number of benzene rings is 1. The van der Waals surface area contributed by atoms with E-state index in [-0.39, 0.29) is 12.5 Å². The predicted octanol–water partition coefficient (Wildman–Crippen LogP) is 0.977. The van der Waals surface area contributed by atoms with Crippen LogP contribution in [0.4, 0.5) is 11.4 Å². The third kappa shape index (κ3) is 6.91.